The minimum Gasteiger partial charge on any atom is -0.497 e. The Morgan fingerprint density at radius 1 is 1.15 bits per heavy atom. The van der Waals surface area contributed by atoms with E-state index in [2.05, 4.69) is 10.6 Å². The summed E-state index contributed by atoms with van der Waals surface area (Å²) in [6.07, 6.45) is 0. The zero-order valence-electron chi connectivity index (χ0n) is 11.2. The minimum absolute atomic E-state index is 0.179. The van der Waals surface area contributed by atoms with E-state index >= 15 is 0 Å². The topological polar surface area (TPSA) is 50.4 Å². The number of carbonyl (C=O) groups excluding carboxylic acids is 1. The van der Waals surface area contributed by atoms with Crippen LogP contribution in [0.4, 0.5) is 15.8 Å². The Labute approximate surface area is 116 Å². The van der Waals surface area contributed by atoms with Crippen molar-refractivity contribution in [2.24, 2.45) is 0 Å². The molecule has 0 atom stereocenters. The van der Waals surface area contributed by atoms with Gasteiger partial charge in [0, 0.05) is 12.7 Å². The van der Waals surface area contributed by atoms with Gasteiger partial charge in [-0.25, -0.2) is 4.39 Å². The van der Waals surface area contributed by atoms with Crippen molar-refractivity contribution in [1.82, 2.24) is 0 Å². The van der Waals surface area contributed by atoms with Crippen molar-refractivity contribution in [2.45, 2.75) is 0 Å². The van der Waals surface area contributed by atoms with Gasteiger partial charge < -0.3 is 15.4 Å². The molecular formula is C15H15FN2O2. The Morgan fingerprint density at radius 2 is 1.85 bits per heavy atom. The third kappa shape index (κ3) is 2.88. The molecule has 1 amide bonds. The molecule has 0 aliphatic heterocycles. The molecule has 2 aromatic carbocycles. The van der Waals surface area contributed by atoms with Crippen LogP contribution in [0, 0.1) is 5.82 Å². The van der Waals surface area contributed by atoms with Gasteiger partial charge >= 0.3 is 0 Å². The fourth-order valence-electron chi connectivity index (χ4n) is 1.84. The summed E-state index contributed by atoms with van der Waals surface area (Å²) in [6.45, 7) is 0. The first kappa shape index (κ1) is 13.9. The van der Waals surface area contributed by atoms with Crippen LogP contribution in [0.25, 0.3) is 0 Å². The van der Waals surface area contributed by atoms with E-state index in [0.717, 1.165) is 0 Å². The summed E-state index contributed by atoms with van der Waals surface area (Å²) in [6, 6.07) is 11.3. The Morgan fingerprint density at radius 3 is 2.45 bits per heavy atom. The molecule has 0 fully saturated rings. The molecule has 2 N–H and O–H groups in total. The van der Waals surface area contributed by atoms with Crippen molar-refractivity contribution in [2.75, 3.05) is 24.8 Å². The maximum Gasteiger partial charge on any atom is 0.257 e. The van der Waals surface area contributed by atoms with Crippen LogP contribution in [-0.4, -0.2) is 20.1 Å². The van der Waals surface area contributed by atoms with Crippen LogP contribution in [0.5, 0.6) is 5.75 Å². The van der Waals surface area contributed by atoms with Crippen LogP contribution in [0.3, 0.4) is 0 Å². The van der Waals surface area contributed by atoms with Crippen LogP contribution in [0.15, 0.2) is 42.5 Å². The lowest BCUT2D eigenvalue weighted by atomic mass is 10.1. The van der Waals surface area contributed by atoms with E-state index in [1.807, 2.05) is 0 Å². The lowest BCUT2D eigenvalue weighted by molar-refractivity contribution is 0.102. The average Bonchev–Trinajstić information content (AvgIpc) is 2.47. The van der Waals surface area contributed by atoms with E-state index in [1.165, 1.54) is 12.1 Å². The number of hydrogen-bond acceptors (Lipinski definition) is 3. The highest BCUT2D eigenvalue weighted by atomic mass is 19.1. The Balaban J connectivity index is 2.21. The number of methoxy groups -OCH3 is 1. The fourth-order valence-corrected chi connectivity index (χ4v) is 1.84. The molecule has 0 spiro atoms. The van der Waals surface area contributed by atoms with Gasteiger partial charge in [-0.15, -0.1) is 0 Å². The van der Waals surface area contributed by atoms with Gasteiger partial charge in [0.25, 0.3) is 5.91 Å². The van der Waals surface area contributed by atoms with Crippen LogP contribution in [-0.2, 0) is 0 Å². The summed E-state index contributed by atoms with van der Waals surface area (Å²) in [5.41, 5.74) is 1.05. The summed E-state index contributed by atoms with van der Waals surface area (Å²) in [7, 11) is 3.14. The van der Waals surface area contributed by atoms with Crippen LogP contribution in [0.1, 0.15) is 10.4 Å². The summed E-state index contributed by atoms with van der Waals surface area (Å²) in [5, 5.41) is 5.40. The second-order valence-corrected chi connectivity index (χ2v) is 4.10. The monoisotopic (exact) mass is 274 g/mol. The van der Waals surface area contributed by atoms with Gasteiger partial charge in [-0.2, -0.15) is 0 Å². The molecule has 0 saturated carbocycles. The first-order chi connectivity index (χ1) is 9.65. The standard InChI is InChI=1S/C15H15FN2O2/c1-17-14-12(4-3-5-13(14)16)15(19)18-10-6-8-11(20-2)9-7-10/h3-9,17H,1-2H3,(H,18,19). The molecule has 2 rings (SSSR count). The van der Waals surface area contributed by atoms with E-state index in [1.54, 1.807) is 44.5 Å². The fraction of sp³-hybridized carbons (Fsp3) is 0.133. The van der Waals surface area contributed by atoms with Crippen molar-refractivity contribution in [1.29, 1.82) is 0 Å². The number of nitrogens with one attached hydrogen (secondary N) is 2. The molecule has 0 heterocycles. The quantitative estimate of drug-likeness (QED) is 0.900. The summed E-state index contributed by atoms with van der Waals surface area (Å²) in [5.74, 6) is -0.140. The number of anilines is 2. The molecule has 0 unspecified atom stereocenters. The second-order valence-electron chi connectivity index (χ2n) is 4.10. The smallest absolute Gasteiger partial charge is 0.257 e. The van der Waals surface area contributed by atoms with Crippen LogP contribution >= 0.6 is 0 Å². The third-order valence-corrected chi connectivity index (χ3v) is 2.86. The van der Waals surface area contributed by atoms with Crippen molar-refractivity contribution in [3.05, 3.63) is 53.8 Å². The number of rotatable bonds is 4. The molecule has 4 nitrogen and oxygen atoms in total. The highest BCUT2D eigenvalue weighted by Crippen LogP contribution is 2.21. The Bertz CT molecular complexity index is 612. The van der Waals surface area contributed by atoms with E-state index in [4.69, 9.17) is 4.74 Å². The van der Waals surface area contributed by atoms with E-state index in [9.17, 15) is 9.18 Å². The van der Waals surface area contributed by atoms with Gasteiger partial charge in [0.2, 0.25) is 0 Å². The largest absolute Gasteiger partial charge is 0.497 e. The molecule has 20 heavy (non-hydrogen) atoms. The first-order valence-electron chi connectivity index (χ1n) is 6.07. The maximum absolute atomic E-state index is 13.6. The maximum atomic E-state index is 13.6. The number of benzene rings is 2. The summed E-state index contributed by atoms with van der Waals surface area (Å²) in [4.78, 5) is 12.2. The van der Waals surface area contributed by atoms with Crippen molar-refractivity contribution < 1.29 is 13.9 Å². The molecule has 104 valence electrons. The number of ether oxygens (including phenoxy) is 1. The summed E-state index contributed by atoms with van der Waals surface area (Å²) < 4.78 is 18.6. The Kier molecular flexibility index (Phi) is 4.20. The number of para-hydroxylation sites is 1. The number of carbonyl (C=O) groups is 1. The molecule has 0 aromatic heterocycles. The second kappa shape index (κ2) is 6.06. The normalized spacial score (nSPS) is 9.95. The van der Waals surface area contributed by atoms with Gasteiger partial charge in [-0.05, 0) is 36.4 Å². The van der Waals surface area contributed by atoms with E-state index in [-0.39, 0.29) is 17.2 Å². The van der Waals surface area contributed by atoms with Gasteiger partial charge in [0.15, 0.2) is 0 Å². The van der Waals surface area contributed by atoms with Crippen molar-refractivity contribution in [3.8, 4) is 5.75 Å². The molecule has 0 bridgehead atoms. The Hall–Kier alpha value is -2.56. The van der Waals surface area contributed by atoms with Gasteiger partial charge in [0.05, 0.1) is 18.4 Å². The zero-order valence-corrected chi connectivity index (χ0v) is 11.2. The molecule has 0 saturated heterocycles. The number of amides is 1. The zero-order chi connectivity index (χ0) is 14.5. The van der Waals surface area contributed by atoms with Crippen molar-refractivity contribution in [3.63, 3.8) is 0 Å². The van der Waals surface area contributed by atoms with E-state index < -0.39 is 5.82 Å². The highest BCUT2D eigenvalue weighted by Gasteiger charge is 2.14. The highest BCUT2D eigenvalue weighted by molar-refractivity contribution is 6.08. The predicted molar refractivity (Wildman–Crippen MR) is 76.9 cm³/mol. The van der Waals surface area contributed by atoms with Crippen molar-refractivity contribution >= 4 is 17.3 Å². The lowest BCUT2D eigenvalue weighted by Crippen LogP contribution is -2.14. The van der Waals surface area contributed by atoms with Gasteiger partial charge in [0.1, 0.15) is 11.6 Å². The lowest BCUT2D eigenvalue weighted by Gasteiger charge is -2.11. The predicted octanol–water partition coefficient (Wildman–Crippen LogP) is 3.13. The van der Waals surface area contributed by atoms with Crippen LogP contribution in [0.2, 0.25) is 0 Å². The average molecular weight is 274 g/mol. The molecule has 0 aliphatic rings. The third-order valence-electron chi connectivity index (χ3n) is 2.86. The molecule has 2 aromatic rings. The summed E-state index contributed by atoms with van der Waals surface area (Å²) >= 11 is 0. The molecule has 0 aliphatic carbocycles. The first-order valence-corrected chi connectivity index (χ1v) is 6.07. The number of halogens is 1. The van der Waals surface area contributed by atoms with Gasteiger partial charge in [-0.3, -0.25) is 4.79 Å². The molecule has 5 heteroatoms. The minimum atomic E-state index is -0.463. The van der Waals surface area contributed by atoms with Gasteiger partial charge in [-0.1, -0.05) is 6.07 Å². The number of hydrogen-bond donors (Lipinski definition) is 2. The molecular weight excluding hydrogens is 259 g/mol. The SMILES string of the molecule is CNc1c(F)cccc1C(=O)Nc1ccc(OC)cc1. The van der Waals surface area contributed by atoms with E-state index in [0.29, 0.717) is 11.4 Å². The van der Waals surface area contributed by atoms with Crippen LogP contribution < -0.4 is 15.4 Å². The molecule has 0 radical (unpaired) electrons.